The smallest absolute Gasteiger partial charge is 0.123 e. The van der Waals surface area contributed by atoms with Gasteiger partial charge in [-0.1, -0.05) is 53.7 Å². The molecular weight excluding hydrogens is 224 g/mol. The first-order chi connectivity index (χ1) is 8.07. The van der Waals surface area contributed by atoms with Gasteiger partial charge in [-0.3, -0.25) is 0 Å². The van der Waals surface area contributed by atoms with Gasteiger partial charge in [0.1, 0.15) is 5.75 Å². The van der Waals surface area contributed by atoms with E-state index in [0.717, 1.165) is 16.7 Å². The molecule has 2 heteroatoms. The number of benzene rings is 1. The SMILES string of the molecule is CC(C)(C)c1cc(CCO)cc(C(C)(C)C)c1O. The highest BCUT2D eigenvalue weighted by molar-refractivity contribution is 5.49. The van der Waals surface area contributed by atoms with Crippen LogP contribution in [0.4, 0.5) is 0 Å². The lowest BCUT2D eigenvalue weighted by molar-refractivity contribution is 0.299. The third-order valence-corrected chi connectivity index (χ3v) is 3.19. The first-order valence-electron chi connectivity index (χ1n) is 6.55. The van der Waals surface area contributed by atoms with Crippen molar-refractivity contribution < 1.29 is 10.2 Å². The fraction of sp³-hybridized carbons (Fsp3) is 0.625. The van der Waals surface area contributed by atoms with E-state index in [1.165, 1.54) is 0 Å². The largest absolute Gasteiger partial charge is 0.507 e. The summed E-state index contributed by atoms with van der Waals surface area (Å²) in [7, 11) is 0. The van der Waals surface area contributed by atoms with Gasteiger partial charge in [0.15, 0.2) is 0 Å². The van der Waals surface area contributed by atoms with Crippen LogP contribution in [0.2, 0.25) is 0 Å². The van der Waals surface area contributed by atoms with Gasteiger partial charge < -0.3 is 10.2 Å². The van der Waals surface area contributed by atoms with Crippen molar-refractivity contribution in [1.29, 1.82) is 0 Å². The highest BCUT2D eigenvalue weighted by atomic mass is 16.3. The van der Waals surface area contributed by atoms with E-state index in [-0.39, 0.29) is 17.4 Å². The van der Waals surface area contributed by atoms with Crippen molar-refractivity contribution in [3.05, 3.63) is 28.8 Å². The van der Waals surface area contributed by atoms with E-state index in [1.54, 1.807) is 0 Å². The topological polar surface area (TPSA) is 40.5 Å². The Morgan fingerprint density at radius 1 is 0.889 bits per heavy atom. The quantitative estimate of drug-likeness (QED) is 0.843. The van der Waals surface area contributed by atoms with Gasteiger partial charge in [0.05, 0.1) is 0 Å². The zero-order valence-electron chi connectivity index (χ0n) is 12.5. The lowest BCUT2D eigenvalue weighted by atomic mass is 9.78. The minimum atomic E-state index is -0.102. The van der Waals surface area contributed by atoms with Crippen molar-refractivity contribution in [3.63, 3.8) is 0 Å². The number of aliphatic hydroxyl groups excluding tert-OH is 1. The number of rotatable bonds is 2. The molecule has 18 heavy (non-hydrogen) atoms. The average molecular weight is 250 g/mol. The molecule has 0 unspecified atom stereocenters. The summed E-state index contributed by atoms with van der Waals surface area (Å²) in [5.74, 6) is 0.400. The van der Waals surface area contributed by atoms with Crippen molar-refractivity contribution in [2.75, 3.05) is 6.61 Å². The average Bonchev–Trinajstić information content (AvgIpc) is 2.17. The molecule has 0 saturated carbocycles. The second kappa shape index (κ2) is 4.93. The zero-order chi connectivity index (χ0) is 14.1. The van der Waals surface area contributed by atoms with E-state index < -0.39 is 0 Å². The fourth-order valence-electron chi connectivity index (χ4n) is 2.11. The third kappa shape index (κ3) is 3.26. The molecule has 2 nitrogen and oxygen atoms in total. The monoisotopic (exact) mass is 250 g/mol. The summed E-state index contributed by atoms with van der Waals surface area (Å²) < 4.78 is 0. The van der Waals surface area contributed by atoms with Crippen LogP contribution in [0.15, 0.2) is 12.1 Å². The van der Waals surface area contributed by atoms with Gasteiger partial charge in [0.25, 0.3) is 0 Å². The first-order valence-corrected chi connectivity index (χ1v) is 6.55. The van der Waals surface area contributed by atoms with Gasteiger partial charge in [0.2, 0.25) is 0 Å². The molecule has 0 aromatic heterocycles. The summed E-state index contributed by atoms with van der Waals surface area (Å²) in [4.78, 5) is 0. The Balaban J connectivity index is 3.48. The van der Waals surface area contributed by atoms with E-state index in [1.807, 2.05) is 12.1 Å². The van der Waals surface area contributed by atoms with Crippen LogP contribution >= 0.6 is 0 Å². The molecule has 2 N–H and O–H groups in total. The van der Waals surface area contributed by atoms with E-state index in [2.05, 4.69) is 41.5 Å². The Hall–Kier alpha value is -1.02. The van der Waals surface area contributed by atoms with Crippen molar-refractivity contribution in [1.82, 2.24) is 0 Å². The van der Waals surface area contributed by atoms with Crippen molar-refractivity contribution >= 4 is 0 Å². The molecule has 0 spiro atoms. The Bertz CT molecular complexity index is 385. The Morgan fingerprint density at radius 2 is 1.28 bits per heavy atom. The van der Waals surface area contributed by atoms with Crippen LogP contribution in [0.5, 0.6) is 5.75 Å². The van der Waals surface area contributed by atoms with Gasteiger partial charge in [-0.05, 0) is 33.9 Å². The fourth-order valence-corrected chi connectivity index (χ4v) is 2.11. The molecule has 102 valence electrons. The lowest BCUT2D eigenvalue weighted by Gasteiger charge is -2.28. The second-order valence-corrected chi connectivity index (χ2v) is 7.01. The van der Waals surface area contributed by atoms with Gasteiger partial charge in [-0.25, -0.2) is 0 Å². The summed E-state index contributed by atoms with van der Waals surface area (Å²) in [5.41, 5.74) is 2.80. The van der Waals surface area contributed by atoms with Crippen LogP contribution in [0.25, 0.3) is 0 Å². The van der Waals surface area contributed by atoms with Crippen LogP contribution in [-0.4, -0.2) is 16.8 Å². The molecular formula is C16H26O2. The summed E-state index contributed by atoms with van der Waals surface area (Å²) in [5, 5.41) is 19.6. The number of hydrogen-bond donors (Lipinski definition) is 2. The zero-order valence-corrected chi connectivity index (χ0v) is 12.5. The standard InChI is InChI=1S/C16H26O2/c1-15(2,3)12-9-11(7-8-17)10-13(14(12)18)16(4,5)6/h9-10,17-18H,7-8H2,1-6H3. The molecule has 1 rings (SSSR count). The number of phenols is 1. The second-order valence-electron chi connectivity index (χ2n) is 7.01. The van der Waals surface area contributed by atoms with Crippen molar-refractivity contribution in [2.24, 2.45) is 0 Å². The molecule has 0 saturated heterocycles. The maximum Gasteiger partial charge on any atom is 0.123 e. The van der Waals surface area contributed by atoms with Crippen molar-refractivity contribution in [3.8, 4) is 5.75 Å². The van der Waals surface area contributed by atoms with Crippen LogP contribution in [0.1, 0.15) is 58.2 Å². The predicted molar refractivity (Wildman–Crippen MR) is 76.3 cm³/mol. The summed E-state index contributed by atoms with van der Waals surface area (Å²) in [6, 6.07) is 4.03. The molecule has 0 heterocycles. The summed E-state index contributed by atoms with van der Waals surface area (Å²) in [6.45, 7) is 12.7. The molecule has 0 aliphatic carbocycles. The lowest BCUT2D eigenvalue weighted by Crippen LogP contribution is -2.18. The van der Waals surface area contributed by atoms with Crippen molar-refractivity contribution in [2.45, 2.75) is 58.8 Å². The summed E-state index contributed by atoms with van der Waals surface area (Å²) in [6.07, 6.45) is 0.631. The van der Waals surface area contributed by atoms with Crippen LogP contribution in [0.3, 0.4) is 0 Å². The third-order valence-electron chi connectivity index (χ3n) is 3.19. The molecule has 0 fully saturated rings. The van der Waals surface area contributed by atoms with Gasteiger partial charge in [-0.2, -0.15) is 0 Å². The Labute approximate surface area is 111 Å². The van der Waals surface area contributed by atoms with E-state index in [4.69, 9.17) is 5.11 Å². The molecule has 1 aromatic carbocycles. The molecule has 0 aliphatic heterocycles. The Kier molecular flexibility index (Phi) is 4.12. The number of hydrogen-bond acceptors (Lipinski definition) is 2. The predicted octanol–water partition coefficient (Wildman–Crippen LogP) is 3.52. The van der Waals surface area contributed by atoms with Crippen LogP contribution in [-0.2, 0) is 17.3 Å². The number of phenolic OH excluding ortho intramolecular Hbond substituents is 1. The molecule has 0 amide bonds. The maximum atomic E-state index is 10.5. The van der Waals surface area contributed by atoms with Gasteiger partial charge >= 0.3 is 0 Å². The normalized spacial score (nSPS) is 12.8. The highest BCUT2D eigenvalue weighted by Gasteiger charge is 2.26. The highest BCUT2D eigenvalue weighted by Crippen LogP contribution is 2.39. The molecule has 0 aliphatic rings. The van der Waals surface area contributed by atoms with Gasteiger partial charge in [0, 0.05) is 6.61 Å². The molecule has 0 radical (unpaired) electrons. The van der Waals surface area contributed by atoms with E-state index >= 15 is 0 Å². The maximum absolute atomic E-state index is 10.5. The number of aromatic hydroxyl groups is 1. The Morgan fingerprint density at radius 3 is 1.56 bits per heavy atom. The number of aliphatic hydroxyl groups is 1. The molecule has 0 atom stereocenters. The minimum Gasteiger partial charge on any atom is -0.507 e. The van der Waals surface area contributed by atoms with Crippen LogP contribution < -0.4 is 0 Å². The van der Waals surface area contributed by atoms with E-state index in [9.17, 15) is 5.11 Å². The minimum absolute atomic E-state index is 0.102. The van der Waals surface area contributed by atoms with Gasteiger partial charge in [-0.15, -0.1) is 0 Å². The molecule has 0 bridgehead atoms. The summed E-state index contributed by atoms with van der Waals surface area (Å²) >= 11 is 0. The van der Waals surface area contributed by atoms with Crippen LogP contribution in [0, 0.1) is 0 Å². The first kappa shape index (κ1) is 15.0. The molecule has 1 aromatic rings. The van der Waals surface area contributed by atoms with E-state index in [0.29, 0.717) is 12.2 Å².